The van der Waals surface area contributed by atoms with E-state index in [0.29, 0.717) is 5.17 Å². The summed E-state index contributed by atoms with van der Waals surface area (Å²) in [6, 6.07) is 8.01. The van der Waals surface area contributed by atoms with Crippen LogP contribution in [0.3, 0.4) is 0 Å². The highest BCUT2D eigenvalue weighted by Gasteiger charge is 2.32. The Labute approximate surface area is 166 Å². The monoisotopic (exact) mass is 393 g/mol. The summed E-state index contributed by atoms with van der Waals surface area (Å²) in [5.41, 5.74) is 6.65. The Morgan fingerprint density at radius 3 is 2.75 bits per heavy atom. The van der Waals surface area contributed by atoms with Crippen molar-refractivity contribution in [3.8, 4) is 11.4 Å². The summed E-state index contributed by atoms with van der Waals surface area (Å²) in [7, 11) is 1.65. The Morgan fingerprint density at radius 2 is 2.00 bits per heavy atom. The summed E-state index contributed by atoms with van der Waals surface area (Å²) < 4.78 is 7.63. The molecule has 8 heteroatoms. The molecule has 0 radical (unpaired) electrons. The van der Waals surface area contributed by atoms with Gasteiger partial charge in [0.2, 0.25) is 0 Å². The number of aromatic nitrogens is 1. The largest absolute Gasteiger partial charge is 0.495 e. The smallest absolute Gasteiger partial charge is 0.283 e. The maximum absolute atomic E-state index is 12.5. The summed E-state index contributed by atoms with van der Waals surface area (Å²) in [4.78, 5) is 16.5. The molecule has 0 unspecified atom stereocenters. The number of amides is 1. The fourth-order valence-corrected chi connectivity index (χ4v) is 3.98. The van der Waals surface area contributed by atoms with Gasteiger partial charge < -0.3 is 9.30 Å². The van der Waals surface area contributed by atoms with Crippen LogP contribution in [-0.2, 0) is 4.79 Å². The first kappa shape index (κ1) is 18.2. The zero-order chi connectivity index (χ0) is 20.0. The topological polar surface area (TPSA) is 83.0 Å². The molecule has 2 aromatic rings. The van der Waals surface area contributed by atoms with Crippen LogP contribution in [0.2, 0.25) is 0 Å². The molecule has 1 N–H and O–H groups in total. The third-order valence-corrected chi connectivity index (χ3v) is 5.42. The average molecular weight is 393 g/mol. The SMILES string of the molecule is COc1ccc(C)cc1-n1c(C)cc(C=C2C(=N)N3N=CSC3=NC2=O)c1C. The lowest BCUT2D eigenvalue weighted by atomic mass is 10.1. The molecule has 0 fully saturated rings. The highest BCUT2D eigenvalue weighted by Crippen LogP contribution is 2.31. The summed E-state index contributed by atoms with van der Waals surface area (Å²) in [5, 5.41) is 14.2. The number of rotatable bonds is 3. The summed E-state index contributed by atoms with van der Waals surface area (Å²) in [5.74, 6) is 0.382. The molecule has 1 aromatic heterocycles. The van der Waals surface area contributed by atoms with Gasteiger partial charge in [-0.15, -0.1) is 0 Å². The first-order valence-corrected chi connectivity index (χ1v) is 9.55. The number of ether oxygens (including phenoxy) is 1. The normalized spacial score (nSPS) is 17.4. The number of methoxy groups -OCH3 is 1. The lowest BCUT2D eigenvalue weighted by Crippen LogP contribution is -2.35. The molecule has 0 atom stereocenters. The molecule has 0 saturated heterocycles. The Hall–Kier alpha value is -3.13. The predicted molar refractivity (Wildman–Crippen MR) is 113 cm³/mol. The van der Waals surface area contributed by atoms with Crippen molar-refractivity contribution in [3.05, 3.63) is 52.4 Å². The first-order valence-electron chi connectivity index (χ1n) is 8.67. The van der Waals surface area contributed by atoms with Crippen molar-refractivity contribution < 1.29 is 9.53 Å². The van der Waals surface area contributed by atoms with Gasteiger partial charge in [-0.25, -0.2) is 0 Å². The standard InChI is InChI=1S/C20H19N5O2S/c1-11-5-6-17(27-4)16(7-11)24-12(2)8-14(13(24)3)9-15-18(21)25-20(23-19(15)26)28-10-22-25/h5-10,21H,1-4H3. The number of thioether (sulfide) groups is 1. The number of carbonyl (C=O) groups is 1. The minimum atomic E-state index is -0.424. The second-order valence-corrected chi connectivity index (χ2v) is 7.41. The van der Waals surface area contributed by atoms with E-state index in [2.05, 4.69) is 20.7 Å². The summed E-state index contributed by atoms with van der Waals surface area (Å²) in [6.45, 7) is 6.02. The maximum atomic E-state index is 12.5. The number of aliphatic imine (C=N–C) groups is 1. The molecule has 7 nitrogen and oxygen atoms in total. The molecule has 0 spiro atoms. The van der Waals surface area contributed by atoms with Gasteiger partial charge in [-0.3, -0.25) is 10.2 Å². The van der Waals surface area contributed by atoms with Crippen LogP contribution in [0.25, 0.3) is 11.8 Å². The van der Waals surface area contributed by atoms with E-state index in [9.17, 15) is 4.79 Å². The lowest BCUT2D eigenvalue weighted by molar-refractivity contribution is -0.114. The minimum Gasteiger partial charge on any atom is -0.495 e. The maximum Gasteiger partial charge on any atom is 0.283 e. The molecule has 2 aliphatic rings. The third-order valence-electron chi connectivity index (χ3n) is 4.74. The molecule has 4 rings (SSSR count). The van der Waals surface area contributed by atoms with Crippen LogP contribution in [0.15, 0.2) is 39.9 Å². The first-order chi connectivity index (χ1) is 13.4. The number of aryl methyl sites for hydroxylation is 2. The Bertz CT molecular complexity index is 1110. The lowest BCUT2D eigenvalue weighted by Gasteiger charge is -2.20. The van der Waals surface area contributed by atoms with E-state index in [-0.39, 0.29) is 11.4 Å². The van der Waals surface area contributed by atoms with Crippen LogP contribution in [-0.4, -0.2) is 39.1 Å². The van der Waals surface area contributed by atoms with Gasteiger partial charge in [0.15, 0.2) is 11.0 Å². The van der Waals surface area contributed by atoms with Gasteiger partial charge in [0.1, 0.15) is 5.75 Å². The molecule has 1 aromatic carbocycles. The number of hydrogen-bond donors (Lipinski definition) is 1. The fraction of sp³-hybridized carbons (Fsp3) is 0.200. The zero-order valence-corrected chi connectivity index (χ0v) is 16.8. The van der Waals surface area contributed by atoms with Crippen molar-refractivity contribution in [2.45, 2.75) is 20.8 Å². The number of fused-ring (bicyclic) bond motifs is 1. The second-order valence-electron chi connectivity index (χ2n) is 6.59. The van der Waals surface area contributed by atoms with E-state index < -0.39 is 5.91 Å². The van der Waals surface area contributed by atoms with Crippen molar-refractivity contribution in [3.63, 3.8) is 0 Å². The van der Waals surface area contributed by atoms with Crippen molar-refractivity contribution in [1.82, 2.24) is 9.58 Å². The number of carbonyl (C=O) groups excluding carboxylic acids is 1. The van der Waals surface area contributed by atoms with Crippen LogP contribution in [0, 0.1) is 26.2 Å². The highest BCUT2D eigenvalue weighted by molar-refractivity contribution is 8.25. The highest BCUT2D eigenvalue weighted by atomic mass is 32.2. The quantitative estimate of drug-likeness (QED) is 0.807. The molecule has 0 aliphatic carbocycles. The van der Waals surface area contributed by atoms with E-state index in [4.69, 9.17) is 10.1 Å². The number of amidine groups is 2. The van der Waals surface area contributed by atoms with Gasteiger partial charge >= 0.3 is 0 Å². The van der Waals surface area contributed by atoms with Crippen molar-refractivity contribution >= 4 is 40.3 Å². The van der Waals surface area contributed by atoms with Gasteiger partial charge in [0.05, 0.1) is 23.9 Å². The summed E-state index contributed by atoms with van der Waals surface area (Å²) >= 11 is 1.23. The Balaban J connectivity index is 1.82. The molecule has 3 heterocycles. The van der Waals surface area contributed by atoms with E-state index in [1.807, 2.05) is 39.0 Å². The third kappa shape index (κ3) is 2.86. The van der Waals surface area contributed by atoms with E-state index in [1.54, 1.807) is 18.7 Å². The molecular formula is C20H19N5O2S. The van der Waals surface area contributed by atoms with Gasteiger partial charge in [-0.1, -0.05) is 6.07 Å². The number of nitrogens with zero attached hydrogens (tertiary/aromatic N) is 4. The van der Waals surface area contributed by atoms with Gasteiger partial charge in [-0.05, 0) is 67.9 Å². The van der Waals surface area contributed by atoms with Crippen LogP contribution < -0.4 is 4.74 Å². The molecule has 28 heavy (non-hydrogen) atoms. The molecule has 1 amide bonds. The van der Waals surface area contributed by atoms with Crippen LogP contribution >= 0.6 is 11.8 Å². The van der Waals surface area contributed by atoms with Gasteiger partial charge in [0, 0.05) is 11.4 Å². The zero-order valence-electron chi connectivity index (χ0n) is 16.0. The summed E-state index contributed by atoms with van der Waals surface area (Å²) in [6.07, 6.45) is 1.71. The predicted octanol–water partition coefficient (Wildman–Crippen LogP) is 3.66. The molecule has 142 valence electrons. The van der Waals surface area contributed by atoms with Gasteiger partial charge in [-0.2, -0.15) is 15.1 Å². The molecule has 0 saturated carbocycles. The number of hydrogen-bond acceptors (Lipinski definition) is 5. The second kappa shape index (κ2) is 6.79. The van der Waals surface area contributed by atoms with Crippen molar-refractivity contribution in [2.24, 2.45) is 10.1 Å². The molecular weight excluding hydrogens is 374 g/mol. The Morgan fingerprint density at radius 1 is 1.21 bits per heavy atom. The number of hydrazone groups is 1. The van der Waals surface area contributed by atoms with Crippen molar-refractivity contribution in [1.29, 1.82) is 5.41 Å². The van der Waals surface area contributed by atoms with Crippen LogP contribution in [0.1, 0.15) is 22.5 Å². The van der Waals surface area contributed by atoms with Crippen molar-refractivity contribution in [2.75, 3.05) is 7.11 Å². The minimum absolute atomic E-state index is 0.0363. The number of nitrogens with one attached hydrogen (secondary N) is 1. The Kier molecular flexibility index (Phi) is 4.43. The molecule has 2 aliphatic heterocycles. The van der Waals surface area contributed by atoms with E-state index in [0.717, 1.165) is 34.0 Å². The van der Waals surface area contributed by atoms with Gasteiger partial charge in [0.25, 0.3) is 5.91 Å². The fourth-order valence-electron chi connectivity index (χ4n) is 3.37. The number of benzene rings is 1. The van der Waals surface area contributed by atoms with Crippen LogP contribution in [0.4, 0.5) is 0 Å². The van der Waals surface area contributed by atoms with E-state index in [1.165, 1.54) is 16.8 Å². The molecule has 0 bridgehead atoms. The van der Waals surface area contributed by atoms with E-state index >= 15 is 0 Å². The van der Waals surface area contributed by atoms with Crippen LogP contribution in [0.5, 0.6) is 5.75 Å². The average Bonchev–Trinajstić information content (AvgIpc) is 3.23.